The molecule has 1 aromatic heterocycles. The Bertz CT molecular complexity index is 838. The standard InChI is InChI=1S/C19H20N2O4S/c1-11-2-4-12(5-3-11)14-10-26-19(21-15(22)8-9-16(23)24)17(14)18(25)20-13-6-7-13/h2-5,10,13H,6-9H2,1H3,(H,20,25)(H,21,22)(H,23,24)/p-1. The van der Waals surface area contributed by atoms with Crippen LogP contribution in [0.1, 0.15) is 41.6 Å². The fourth-order valence-corrected chi connectivity index (χ4v) is 3.49. The molecule has 1 heterocycles. The highest BCUT2D eigenvalue weighted by molar-refractivity contribution is 7.15. The number of carboxylic acid groups (broad SMARTS) is 1. The van der Waals surface area contributed by atoms with Gasteiger partial charge in [-0.2, -0.15) is 0 Å². The smallest absolute Gasteiger partial charge is 0.255 e. The molecule has 2 N–H and O–H groups in total. The minimum absolute atomic E-state index is 0.190. The van der Waals surface area contributed by atoms with E-state index in [-0.39, 0.29) is 24.8 Å². The van der Waals surface area contributed by atoms with Crippen molar-refractivity contribution in [3.8, 4) is 11.1 Å². The Morgan fingerprint density at radius 1 is 1.15 bits per heavy atom. The molecule has 1 aliphatic carbocycles. The number of hydrogen-bond acceptors (Lipinski definition) is 5. The quantitative estimate of drug-likeness (QED) is 0.778. The maximum absolute atomic E-state index is 12.7. The first-order valence-corrected chi connectivity index (χ1v) is 9.31. The molecule has 0 bridgehead atoms. The molecule has 3 rings (SSSR count). The molecule has 2 aromatic rings. The van der Waals surface area contributed by atoms with Crippen molar-refractivity contribution < 1.29 is 19.5 Å². The number of amides is 2. The van der Waals surface area contributed by atoms with Crippen molar-refractivity contribution >= 4 is 34.1 Å². The van der Waals surface area contributed by atoms with Gasteiger partial charge in [0.05, 0.1) is 5.56 Å². The molecule has 6 nitrogen and oxygen atoms in total. The van der Waals surface area contributed by atoms with Crippen molar-refractivity contribution in [2.45, 2.75) is 38.6 Å². The molecule has 0 spiro atoms. The van der Waals surface area contributed by atoms with Gasteiger partial charge >= 0.3 is 0 Å². The van der Waals surface area contributed by atoms with Crippen LogP contribution in [0.4, 0.5) is 5.00 Å². The third-order valence-electron chi connectivity index (χ3n) is 4.10. The SMILES string of the molecule is Cc1ccc(-c2csc(NC(=O)CCC(=O)[O-])c2C(=O)NC2CC2)cc1. The normalized spacial score (nSPS) is 13.3. The fraction of sp³-hybridized carbons (Fsp3) is 0.316. The summed E-state index contributed by atoms with van der Waals surface area (Å²) in [6, 6.07) is 8.00. The van der Waals surface area contributed by atoms with E-state index in [0.717, 1.165) is 29.5 Å². The second-order valence-electron chi connectivity index (χ2n) is 6.39. The molecule has 7 heteroatoms. The number of aryl methyl sites for hydroxylation is 1. The largest absolute Gasteiger partial charge is 0.550 e. The van der Waals surface area contributed by atoms with Crippen LogP contribution in [0.3, 0.4) is 0 Å². The van der Waals surface area contributed by atoms with Gasteiger partial charge in [-0.3, -0.25) is 9.59 Å². The van der Waals surface area contributed by atoms with Gasteiger partial charge in [-0.15, -0.1) is 11.3 Å². The fourth-order valence-electron chi connectivity index (χ4n) is 2.51. The van der Waals surface area contributed by atoms with E-state index >= 15 is 0 Å². The van der Waals surface area contributed by atoms with Gasteiger partial charge in [-0.05, 0) is 31.7 Å². The number of hydrogen-bond donors (Lipinski definition) is 2. The van der Waals surface area contributed by atoms with Gasteiger partial charge in [0.25, 0.3) is 5.91 Å². The number of carbonyl (C=O) groups is 3. The maximum atomic E-state index is 12.7. The zero-order chi connectivity index (χ0) is 18.7. The Kier molecular flexibility index (Phi) is 5.37. The van der Waals surface area contributed by atoms with Gasteiger partial charge in [-0.25, -0.2) is 0 Å². The minimum Gasteiger partial charge on any atom is -0.550 e. The first-order chi connectivity index (χ1) is 12.4. The summed E-state index contributed by atoms with van der Waals surface area (Å²) in [6.07, 6.45) is 1.38. The van der Waals surface area contributed by atoms with Crippen LogP contribution in [0.15, 0.2) is 29.6 Å². The number of carboxylic acids is 1. The zero-order valence-corrected chi connectivity index (χ0v) is 15.2. The van der Waals surface area contributed by atoms with Gasteiger partial charge in [-0.1, -0.05) is 29.8 Å². The number of benzene rings is 1. The van der Waals surface area contributed by atoms with Crippen LogP contribution in [0.5, 0.6) is 0 Å². The predicted octanol–water partition coefficient (Wildman–Crippen LogP) is 2.08. The number of aliphatic carboxylic acids is 1. The van der Waals surface area contributed by atoms with Crippen molar-refractivity contribution in [3.05, 3.63) is 40.8 Å². The van der Waals surface area contributed by atoms with Crippen molar-refractivity contribution in [1.29, 1.82) is 0 Å². The summed E-state index contributed by atoms with van der Waals surface area (Å²) >= 11 is 1.26. The van der Waals surface area contributed by atoms with Gasteiger partial charge in [0.1, 0.15) is 5.00 Å². The summed E-state index contributed by atoms with van der Waals surface area (Å²) in [4.78, 5) is 35.2. The number of nitrogens with one attached hydrogen (secondary N) is 2. The van der Waals surface area contributed by atoms with E-state index in [4.69, 9.17) is 0 Å². The highest BCUT2D eigenvalue weighted by atomic mass is 32.1. The summed E-state index contributed by atoms with van der Waals surface area (Å²) in [5.41, 5.74) is 3.18. The van der Waals surface area contributed by atoms with Gasteiger partial charge in [0, 0.05) is 29.4 Å². The molecule has 1 saturated carbocycles. The Labute approximate surface area is 155 Å². The molecule has 0 atom stereocenters. The lowest BCUT2D eigenvalue weighted by Gasteiger charge is -2.10. The van der Waals surface area contributed by atoms with E-state index in [1.807, 2.05) is 36.6 Å². The third-order valence-corrected chi connectivity index (χ3v) is 5.00. The summed E-state index contributed by atoms with van der Waals surface area (Å²) in [7, 11) is 0. The first kappa shape index (κ1) is 18.1. The molecule has 1 aromatic carbocycles. The van der Waals surface area contributed by atoms with Crippen LogP contribution in [0, 0.1) is 6.92 Å². The van der Waals surface area contributed by atoms with E-state index < -0.39 is 11.9 Å². The maximum Gasteiger partial charge on any atom is 0.255 e. The lowest BCUT2D eigenvalue weighted by atomic mass is 10.0. The average molecular weight is 371 g/mol. The van der Waals surface area contributed by atoms with Crippen molar-refractivity contribution in [2.75, 3.05) is 5.32 Å². The number of thiophene rings is 1. The lowest BCUT2D eigenvalue weighted by molar-refractivity contribution is -0.305. The van der Waals surface area contributed by atoms with Crippen LogP contribution in [-0.2, 0) is 9.59 Å². The molecular formula is C19H19N2O4S-. The highest BCUT2D eigenvalue weighted by Gasteiger charge is 2.28. The third kappa shape index (κ3) is 4.49. The van der Waals surface area contributed by atoms with Crippen LogP contribution >= 0.6 is 11.3 Å². The van der Waals surface area contributed by atoms with E-state index in [1.54, 1.807) is 0 Å². The van der Waals surface area contributed by atoms with E-state index in [0.29, 0.717) is 10.6 Å². The summed E-state index contributed by atoms with van der Waals surface area (Å²) in [5.74, 6) is -1.95. The predicted molar refractivity (Wildman–Crippen MR) is 97.9 cm³/mol. The topological polar surface area (TPSA) is 98.3 Å². The molecule has 0 radical (unpaired) electrons. The molecule has 1 fully saturated rings. The number of carbonyl (C=O) groups excluding carboxylic acids is 3. The number of rotatable bonds is 7. The Balaban J connectivity index is 1.88. The van der Waals surface area contributed by atoms with Gasteiger partial charge in [0.2, 0.25) is 5.91 Å². The second-order valence-corrected chi connectivity index (χ2v) is 7.27. The van der Waals surface area contributed by atoms with Crippen molar-refractivity contribution in [1.82, 2.24) is 5.32 Å². The molecule has 0 aliphatic heterocycles. The van der Waals surface area contributed by atoms with Gasteiger partial charge in [0.15, 0.2) is 0 Å². The summed E-state index contributed by atoms with van der Waals surface area (Å²) in [5, 5.41) is 18.4. The zero-order valence-electron chi connectivity index (χ0n) is 14.3. The van der Waals surface area contributed by atoms with Gasteiger partial charge < -0.3 is 20.5 Å². The van der Waals surface area contributed by atoms with Crippen LogP contribution < -0.4 is 15.7 Å². The first-order valence-electron chi connectivity index (χ1n) is 8.43. The second kappa shape index (κ2) is 7.70. The minimum atomic E-state index is -1.28. The van der Waals surface area contributed by atoms with Crippen LogP contribution in [0.25, 0.3) is 11.1 Å². The Morgan fingerprint density at radius 3 is 2.46 bits per heavy atom. The summed E-state index contributed by atoms with van der Waals surface area (Å²) < 4.78 is 0. The Morgan fingerprint density at radius 2 is 1.85 bits per heavy atom. The molecule has 1 aliphatic rings. The molecule has 0 unspecified atom stereocenters. The molecule has 136 valence electrons. The van der Waals surface area contributed by atoms with E-state index in [9.17, 15) is 19.5 Å². The molecule has 26 heavy (non-hydrogen) atoms. The monoisotopic (exact) mass is 371 g/mol. The van der Waals surface area contributed by atoms with Crippen LogP contribution in [-0.4, -0.2) is 23.8 Å². The molecule has 2 amide bonds. The Hall–Kier alpha value is -2.67. The molecular weight excluding hydrogens is 352 g/mol. The van der Waals surface area contributed by atoms with E-state index in [2.05, 4.69) is 10.6 Å². The number of anilines is 1. The van der Waals surface area contributed by atoms with E-state index in [1.165, 1.54) is 11.3 Å². The summed E-state index contributed by atoms with van der Waals surface area (Å²) in [6.45, 7) is 1.99. The lowest BCUT2D eigenvalue weighted by Crippen LogP contribution is -2.27. The van der Waals surface area contributed by atoms with Crippen molar-refractivity contribution in [2.24, 2.45) is 0 Å². The van der Waals surface area contributed by atoms with Crippen LogP contribution in [0.2, 0.25) is 0 Å². The molecule has 0 saturated heterocycles. The highest BCUT2D eigenvalue weighted by Crippen LogP contribution is 2.36. The average Bonchev–Trinajstić information content (AvgIpc) is 3.31. The van der Waals surface area contributed by atoms with Crippen molar-refractivity contribution in [3.63, 3.8) is 0 Å².